The lowest BCUT2D eigenvalue weighted by Gasteiger charge is -2.10. The predicted octanol–water partition coefficient (Wildman–Crippen LogP) is 4.44. The third-order valence-corrected chi connectivity index (χ3v) is 3.82. The number of hydrogen-bond acceptors (Lipinski definition) is 5. The normalized spacial score (nSPS) is 10.9. The molecule has 0 aromatic heterocycles. The fourth-order valence-electron chi connectivity index (χ4n) is 2.67. The molecule has 5 heteroatoms. The molecule has 5 nitrogen and oxygen atoms in total. The van der Waals surface area contributed by atoms with Crippen LogP contribution < -0.4 is 15.5 Å². The summed E-state index contributed by atoms with van der Waals surface area (Å²) in [5, 5.41) is 3.12. The van der Waals surface area contributed by atoms with Crippen molar-refractivity contribution in [1.29, 1.82) is 0 Å². The molecule has 0 amide bonds. The van der Waals surface area contributed by atoms with E-state index in [9.17, 15) is 4.79 Å². The molecule has 0 radical (unpaired) electrons. The maximum Gasteiger partial charge on any atom is 0.205 e. The van der Waals surface area contributed by atoms with Crippen LogP contribution in [0.5, 0.6) is 5.75 Å². The van der Waals surface area contributed by atoms with Gasteiger partial charge in [0.2, 0.25) is 5.43 Å². The Kier molecular flexibility index (Phi) is 3.82. The van der Waals surface area contributed by atoms with Gasteiger partial charge in [0.15, 0.2) is 11.3 Å². The van der Waals surface area contributed by atoms with Crippen LogP contribution in [0.2, 0.25) is 0 Å². The smallest absolute Gasteiger partial charge is 0.205 e. The van der Waals surface area contributed by atoms with Gasteiger partial charge in [-0.1, -0.05) is 18.2 Å². The highest BCUT2D eigenvalue weighted by Gasteiger charge is 2.13. The standard InChI is InChI=1S/C20H16N2O3/c1-2-24-14-8-9-15-19(10-14)25-20-12-18(23)16(11-17(20)22-15)21-13-6-4-3-5-7-13/h3-12,21H,2H2,1H3. The van der Waals surface area contributed by atoms with Gasteiger partial charge in [-0.3, -0.25) is 4.79 Å². The number of benzene rings is 3. The van der Waals surface area contributed by atoms with Crippen molar-refractivity contribution in [2.45, 2.75) is 6.92 Å². The van der Waals surface area contributed by atoms with Crippen LogP contribution in [0.15, 0.2) is 69.9 Å². The summed E-state index contributed by atoms with van der Waals surface area (Å²) in [6.07, 6.45) is 0. The predicted molar refractivity (Wildman–Crippen MR) is 97.8 cm³/mol. The number of fused-ring (bicyclic) bond motifs is 2. The van der Waals surface area contributed by atoms with E-state index in [1.807, 2.05) is 49.4 Å². The summed E-state index contributed by atoms with van der Waals surface area (Å²) in [6, 6.07) is 18.2. The molecule has 0 fully saturated rings. The summed E-state index contributed by atoms with van der Waals surface area (Å²) in [7, 11) is 0. The van der Waals surface area contributed by atoms with Crippen molar-refractivity contribution >= 4 is 22.5 Å². The summed E-state index contributed by atoms with van der Waals surface area (Å²) in [5.41, 5.74) is 3.07. The zero-order valence-electron chi connectivity index (χ0n) is 13.7. The first-order chi connectivity index (χ1) is 12.2. The molecule has 1 N–H and O–H groups in total. The van der Waals surface area contributed by atoms with Crippen LogP contribution in [0.3, 0.4) is 0 Å². The fourth-order valence-corrected chi connectivity index (χ4v) is 2.67. The molecule has 0 saturated carbocycles. The second-order valence-corrected chi connectivity index (χ2v) is 5.58. The van der Waals surface area contributed by atoms with Crippen molar-refractivity contribution in [1.82, 2.24) is 4.98 Å². The first-order valence-electron chi connectivity index (χ1n) is 8.06. The zero-order valence-corrected chi connectivity index (χ0v) is 13.7. The minimum Gasteiger partial charge on any atom is -0.494 e. The summed E-state index contributed by atoms with van der Waals surface area (Å²) in [4.78, 5) is 17.0. The number of anilines is 2. The highest BCUT2D eigenvalue weighted by atomic mass is 16.5. The van der Waals surface area contributed by atoms with Crippen LogP contribution in [0.25, 0.3) is 22.6 Å². The number of aromatic nitrogens is 1. The molecule has 4 rings (SSSR count). The van der Waals surface area contributed by atoms with Gasteiger partial charge in [-0.15, -0.1) is 0 Å². The first kappa shape index (κ1) is 15.2. The maximum absolute atomic E-state index is 12.4. The molecule has 0 spiro atoms. The van der Waals surface area contributed by atoms with E-state index in [0.29, 0.717) is 40.6 Å². The van der Waals surface area contributed by atoms with E-state index in [0.717, 1.165) is 5.69 Å². The Bertz CT molecular complexity index is 1060. The van der Waals surface area contributed by atoms with Gasteiger partial charge >= 0.3 is 0 Å². The van der Waals surface area contributed by atoms with E-state index < -0.39 is 0 Å². The van der Waals surface area contributed by atoms with E-state index in [1.165, 1.54) is 6.07 Å². The fraction of sp³-hybridized carbons (Fsp3) is 0.100. The number of nitrogens with zero attached hydrogens (tertiary/aromatic N) is 1. The van der Waals surface area contributed by atoms with E-state index in [-0.39, 0.29) is 5.43 Å². The van der Waals surface area contributed by atoms with Gasteiger partial charge in [-0.25, -0.2) is 4.98 Å². The monoisotopic (exact) mass is 332 g/mol. The molecule has 0 saturated heterocycles. The third-order valence-electron chi connectivity index (χ3n) is 3.82. The molecular formula is C20H16N2O3. The Hall–Kier alpha value is -3.34. The number of ether oxygens (including phenoxy) is 1. The molecule has 1 heterocycles. The van der Waals surface area contributed by atoms with Gasteiger partial charge in [0.25, 0.3) is 0 Å². The lowest BCUT2D eigenvalue weighted by Crippen LogP contribution is -2.08. The van der Waals surface area contributed by atoms with Crippen LogP contribution in [-0.4, -0.2) is 11.6 Å². The summed E-state index contributed by atoms with van der Waals surface area (Å²) in [5.74, 6) is 1.16. The largest absolute Gasteiger partial charge is 0.494 e. The average Bonchev–Trinajstić information content (AvgIpc) is 2.62. The summed E-state index contributed by atoms with van der Waals surface area (Å²) in [6.45, 7) is 2.50. The number of para-hydroxylation sites is 1. The van der Waals surface area contributed by atoms with E-state index in [4.69, 9.17) is 9.15 Å². The molecule has 0 atom stereocenters. The SMILES string of the molecule is CCOc1ccc2nc3cc(Nc4ccccc4)c(=O)cc-3oc2c1. The molecular weight excluding hydrogens is 316 g/mol. The molecule has 0 bridgehead atoms. The van der Waals surface area contributed by atoms with Crippen molar-refractivity contribution in [3.63, 3.8) is 0 Å². The summed E-state index contributed by atoms with van der Waals surface area (Å²) < 4.78 is 11.3. The number of rotatable bonds is 4. The molecule has 124 valence electrons. The molecule has 2 aromatic rings. The Morgan fingerprint density at radius 1 is 1.08 bits per heavy atom. The van der Waals surface area contributed by atoms with Crippen molar-refractivity contribution < 1.29 is 9.15 Å². The Labute approximate surface area is 144 Å². The minimum atomic E-state index is -0.151. The molecule has 1 aliphatic heterocycles. The molecule has 1 aliphatic carbocycles. The van der Waals surface area contributed by atoms with Gasteiger partial charge in [0.1, 0.15) is 17.0 Å². The lowest BCUT2D eigenvalue weighted by atomic mass is 10.2. The number of nitrogens with one attached hydrogen (secondary N) is 1. The minimum absolute atomic E-state index is 0.151. The van der Waals surface area contributed by atoms with Crippen molar-refractivity contribution in [3.05, 3.63) is 70.9 Å². The summed E-state index contributed by atoms with van der Waals surface area (Å²) >= 11 is 0. The van der Waals surface area contributed by atoms with Crippen LogP contribution >= 0.6 is 0 Å². The van der Waals surface area contributed by atoms with Gasteiger partial charge in [-0.05, 0) is 37.3 Å². The first-order valence-corrected chi connectivity index (χ1v) is 8.06. The lowest BCUT2D eigenvalue weighted by molar-refractivity contribution is 0.340. The second-order valence-electron chi connectivity index (χ2n) is 5.58. The Morgan fingerprint density at radius 2 is 1.92 bits per heavy atom. The second kappa shape index (κ2) is 6.28. The van der Waals surface area contributed by atoms with Gasteiger partial charge in [0, 0.05) is 17.8 Å². The van der Waals surface area contributed by atoms with E-state index in [1.54, 1.807) is 12.1 Å². The quantitative estimate of drug-likeness (QED) is 0.560. The highest BCUT2D eigenvalue weighted by Crippen LogP contribution is 2.28. The third kappa shape index (κ3) is 3.04. The molecule has 25 heavy (non-hydrogen) atoms. The van der Waals surface area contributed by atoms with E-state index >= 15 is 0 Å². The van der Waals surface area contributed by atoms with Crippen LogP contribution in [-0.2, 0) is 0 Å². The topological polar surface area (TPSA) is 64.4 Å². The van der Waals surface area contributed by atoms with Gasteiger partial charge in [0.05, 0.1) is 12.3 Å². The van der Waals surface area contributed by atoms with Gasteiger partial charge in [-0.2, -0.15) is 0 Å². The average molecular weight is 332 g/mol. The number of hydrogen-bond donors (Lipinski definition) is 1. The van der Waals surface area contributed by atoms with Gasteiger partial charge < -0.3 is 14.5 Å². The molecule has 2 aromatic carbocycles. The van der Waals surface area contributed by atoms with Crippen LogP contribution in [0, 0.1) is 0 Å². The highest BCUT2D eigenvalue weighted by molar-refractivity contribution is 5.79. The van der Waals surface area contributed by atoms with Crippen molar-refractivity contribution in [2.24, 2.45) is 0 Å². The Balaban J connectivity index is 1.80. The molecule has 0 unspecified atom stereocenters. The van der Waals surface area contributed by atoms with Crippen molar-refractivity contribution in [3.8, 4) is 17.2 Å². The van der Waals surface area contributed by atoms with Crippen LogP contribution in [0.1, 0.15) is 6.92 Å². The van der Waals surface area contributed by atoms with Crippen LogP contribution in [0.4, 0.5) is 11.4 Å². The van der Waals surface area contributed by atoms with Crippen molar-refractivity contribution in [2.75, 3.05) is 11.9 Å². The zero-order chi connectivity index (χ0) is 17.2. The Morgan fingerprint density at radius 3 is 2.72 bits per heavy atom. The van der Waals surface area contributed by atoms with E-state index in [2.05, 4.69) is 10.3 Å². The molecule has 2 aliphatic rings. The maximum atomic E-state index is 12.4.